The molecule has 4 nitrogen and oxygen atoms in total. The maximum atomic E-state index is 10.8. The molecular formula is C8H13IO4. The van der Waals surface area contributed by atoms with Crippen molar-refractivity contribution in [3.63, 3.8) is 0 Å². The van der Waals surface area contributed by atoms with E-state index in [9.17, 15) is 9.59 Å². The number of unbranched alkanes of at least 4 members (excludes halogenated alkanes) is 1. The maximum absolute atomic E-state index is 10.8. The van der Waals surface area contributed by atoms with E-state index in [2.05, 4.69) is 0 Å². The van der Waals surface area contributed by atoms with Crippen molar-refractivity contribution in [2.24, 2.45) is 0 Å². The average molecular weight is 300 g/mol. The second kappa shape index (κ2) is 5.41. The van der Waals surface area contributed by atoms with Gasteiger partial charge in [0.1, 0.15) is 3.42 Å². The van der Waals surface area contributed by atoms with Crippen molar-refractivity contribution in [2.75, 3.05) is 0 Å². The molecule has 0 aromatic rings. The molecule has 0 fully saturated rings. The lowest BCUT2D eigenvalue weighted by Crippen LogP contribution is -2.34. The van der Waals surface area contributed by atoms with Crippen molar-refractivity contribution < 1.29 is 19.8 Å². The second-order valence-corrected chi connectivity index (χ2v) is 5.01. The molecular weight excluding hydrogens is 287 g/mol. The summed E-state index contributed by atoms with van der Waals surface area (Å²) in [7, 11) is 0. The van der Waals surface area contributed by atoms with Crippen LogP contribution >= 0.6 is 22.6 Å². The van der Waals surface area contributed by atoms with E-state index in [-0.39, 0.29) is 6.42 Å². The highest BCUT2D eigenvalue weighted by Gasteiger charge is 2.37. The van der Waals surface area contributed by atoms with E-state index in [1.807, 2.05) is 6.92 Å². The van der Waals surface area contributed by atoms with Crippen molar-refractivity contribution in [1.82, 2.24) is 0 Å². The molecule has 0 rings (SSSR count). The van der Waals surface area contributed by atoms with E-state index in [1.54, 1.807) is 22.6 Å². The van der Waals surface area contributed by atoms with Crippen LogP contribution in [0.1, 0.15) is 32.6 Å². The molecule has 0 bridgehead atoms. The number of hydrogen-bond acceptors (Lipinski definition) is 2. The van der Waals surface area contributed by atoms with E-state index < -0.39 is 15.4 Å². The molecule has 0 heterocycles. The van der Waals surface area contributed by atoms with Crippen molar-refractivity contribution in [2.45, 2.75) is 36.0 Å². The molecule has 0 amide bonds. The van der Waals surface area contributed by atoms with E-state index in [1.165, 1.54) is 0 Å². The number of carboxylic acid groups (broad SMARTS) is 2. The first kappa shape index (κ1) is 12.7. The van der Waals surface area contributed by atoms with Crippen LogP contribution in [-0.2, 0) is 9.59 Å². The van der Waals surface area contributed by atoms with Gasteiger partial charge in [-0.25, -0.2) is 0 Å². The summed E-state index contributed by atoms with van der Waals surface area (Å²) in [5.74, 6) is -2.10. The fraction of sp³-hybridized carbons (Fsp3) is 0.750. The third kappa shape index (κ3) is 4.44. The zero-order valence-electron chi connectivity index (χ0n) is 7.42. The molecule has 0 spiro atoms. The lowest BCUT2D eigenvalue weighted by Gasteiger charge is -2.19. The molecule has 13 heavy (non-hydrogen) atoms. The smallest absolute Gasteiger partial charge is 0.320 e. The molecule has 0 saturated carbocycles. The third-order valence-corrected chi connectivity index (χ3v) is 3.12. The van der Waals surface area contributed by atoms with Gasteiger partial charge < -0.3 is 10.2 Å². The Morgan fingerprint density at radius 2 is 1.92 bits per heavy atom. The van der Waals surface area contributed by atoms with Gasteiger partial charge in [0.25, 0.3) is 0 Å². The molecule has 76 valence electrons. The van der Waals surface area contributed by atoms with Gasteiger partial charge in [0.2, 0.25) is 0 Å². The van der Waals surface area contributed by atoms with Crippen molar-refractivity contribution >= 4 is 34.5 Å². The highest BCUT2D eigenvalue weighted by Crippen LogP contribution is 2.30. The summed E-state index contributed by atoms with van der Waals surface area (Å²) in [6.45, 7) is 1.94. The first-order valence-corrected chi connectivity index (χ1v) is 5.14. The van der Waals surface area contributed by atoms with E-state index >= 15 is 0 Å². The van der Waals surface area contributed by atoms with E-state index in [0.717, 1.165) is 12.8 Å². The maximum Gasteiger partial charge on any atom is 0.320 e. The van der Waals surface area contributed by atoms with Gasteiger partial charge in [-0.15, -0.1) is 0 Å². The fourth-order valence-electron chi connectivity index (χ4n) is 0.968. The Labute approximate surface area is 90.5 Å². The molecule has 0 aliphatic heterocycles. The number of alkyl halides is 1. The quantitative estimate of drug-likeness (QED) is 0.580. The Morgan fingerprint density at radius 1 is 1.38 bits per heavy atom. The van der Waals surface area contributed by atoms with Gasteiger partial charge in [-0.1, -0.05) is 42.4 Å². The first-order valence-electron chi connectivity index (χ1n) is 4.06. The normalized spacial score (nSPS) is 14.9. The summed E-state index contributed by atoms with van der Waals surface area (Å²) in [6.07, 6.45) is 1.70. The monoisotopic (exact) mass is 300 g/mol. The molecule has 0 aliphatic carbocycles. The van der Waals surface area contributed by atoms with Gasteiger partial charge in [0.05, 0.1) is 6.42 Å². The van der Waals surface area contributed by atoms with Crippen LogP contribution < -0.4 is 0 Å². The van der Waals surface area contributed by atoms with Gasteiger partial charge in [-0.05, 0) is 6.42 Å². The standard InChI is InChI=1S/C8H13IO4/c1-2-3-4-8(9,7(12)13)5-6(10)11/h2-5H2,1H3,(H,10,11)(H,12,13). The predicted octanol–water partition coefficient (Wildman–Crippen LogP) is 1.91. The van der Waals surface area contributed by atoms with Gasteiger partial charge in [-0.2, -0.15) is 0 Å². The van der Waals surface area contributed by atoms with Gasteiger partial charge >= 0.3 is 11.9 Å². The number of carbonyl (C=O) groups is 2. The fourth-order valence-corrected chi connectivity index (χ4v) is 1.68. The van der Waals surface area contributed by atoms with Crippen LogP contribution in [-0.4, -0.2) is 25.6 Å². The summed E-state index contributed by atoms with van der Waals surface area (Å²) in [6, 6.07) is 0. The van der Waals surface area contributed by atoms with Crippen LogP contribution in [0.15, 0.2) is 0 Å². The summed E-state index contributed by atoms with van der Waals surface area (Å²) >= 11 is 1.72. The number of halogens is 1. The SMILES string of the molecule is CCCCC(I)(CC(=O)O)C(=O)O. The number of aliphatic carboxylic acids is 2. The summed E-state index contributed by atoms with van der Waals surface area (Å²) in [5, 5.41) is 17.4. The van der Waals surface area contributed by atoms with Crippen LogP contribution in [0.4, 0.5) is 0 Å². The summed E-state index contributed by atoms with van der Waals surface area (Å²) in [5.41, 5.74) is 0. The van der Waals surface area contributed by atoms with Gasteiger partial charge in [0.15, 0.2) is 0 Å². The molecule has 0 saturated heterocycles. The van der Waals surface area contributed by atoms with Crippen molar-refractivity contribution in [3.05, 3.63) is 0 Å². The molecule has 1 atom stereocenters. The Hall–Kier alpha value is -0.330. The van der Waals surface area contributed by atoms with Crippen molar-refractivity contribution in [3.8, 4) is 0 Å². The second-order valence-electron chi connectivity index (χ2n) is 2.94. The predicted molar refractivity (Wildman–Crippen MR) is 56.2 cm³/mol. The van der Waals surface area contributed by atoms with Crippen LogP contribution in [0.25, 0.3) is 0 Å². The zero-order valence-corrected chi connectivity index (χ0v) is 9.57. The van der Waals surface area contributed by atoms with Gasteiger partial charge in [-0.3, -0.25) is 9.59 Å². The molecule has 0 aromatic carbocycles. The minimum absolute atomic E-state index is 0.317. The Bertz CT molecular complexity index is 204. The zero-order chi connectivity index (χ0) is 10.5. The highest BCUT2D eigenvalue weighted by atomic mass is 127. The Kier molecular flexibility index (Phi) is 5.27. The number of rotatable bonds is 6. The Balaban J connectivity index is 4.34. The number of carboxylic acids is 2. The number of hydrogen-bond donors (Lipinski definition) is 2. The van der Waals surface area contributed by atoms with E-state index in [4.69, 9.17) is 10.2 Å². The Morgan fingerprint density at radius 3 is 2.23 bits per heavy atom. The lowest BCUT2D eigenvalue weighted by molar-refractivity contribution is -0.145. The largest absolute Gasteiger partial charge is 0.481 e. The summed E-state index contributed by atoms with van der Waals surface area (Å²) < 4.78 is -1.14. The van der Waals surface area contributed by atoms with Crippen LogP contribution in [0, 0.1) is 0 Å². The molecule has 5 heteroatoms. The van der Waals surface area contributed by atoms with Crippen LogP contribution in [0.5, 0.6) is 0 Å². The molecule has 0 aromatic heterocycles. The average Bonchev–Trinajstić information content (AvgIpc) is 1.99. The minimum atomic E-state index is -1.14. The van der Waals surface area contributed by atoms with Crippen LogP contribution in [0.2, 0.25) is 0 Å². The first-order chi connectivity index (χ1) is 5.92. The molecule has 0 aliphatic rings. The van der Waals surface area contributed by atoms with Crippen LogP contribution in [0.3, 0.4) is 0 Å². The lowest BCUT2D eigenvalue weighted by atomic mass is 9.99. The molecule has 1 unspecified atom stereocenters. The molecule has 2 N–H and O–H groups in total. The minimum Gasteiger partial charge on any atom is -0.481 e. The van der Waals surface area contributed by atoms with Gasteiger partial charge in [0, 0.05) is 0 Å². The third-order valence-electron chi connectivity index (χ3n) is 1.74. The molecule has 0 radical (unpaired) electrons. The van der Waals surface area contributed by atoms with Crippen molar-refractivity contribution in [1.29, 1.82) is 0 Å². The topological polar surface area (TPSA) is 74.6 Å². The highest BCUT2D eigenvalue weighted by molar-refractivity contribution is 14.1. The summed E-state index contributed by atoms with van der Waals surface area (Å²) in [4.78, 5) is 21.2. The van der Waals surface area contributed by atoms with E-state index in [0.29, 0.717) is 6.42 Å².